The molecule has 1 aliphatic rings. The van der Waals surface area contributed by atoms with E-state index in [1.54, 1.807) is 19.0 Å². The first kappa shape index (κ1) is 16.7. The minimum atomic E-state index is -0.299. The topological polar surface area (TPSA) is 69.7 Å². The van der Waals surface area contributed by atoms with Gasteiger partial charge in [0.15, 0.2) is 0 Å². The summed E-state index contributed by atoms with van der Waals surface area (Å²) in [5.41, 5.74) is 2.81. The van der Waals surface area contributed by atoms with Crippen LogP contribution in [0.3, 0.4) is 0 Å². The lowest BCUT2D eigenvalue weighted by atomic mass is 10.0. The number of likely N-dealkylation sites (N-methyl/N-ethyl adjacent to an activating group) is 2. The maximum atomic E-state index is 12.0. The van der Waals surface area contributed by atoms with Crippen LogP contribution in [0.4, 0.5) is 5.69 Å². The number of nitrogens with one attached hydrogen (secondary N) is 1. The maximum absolute atomic E-state index is 12.0. The summed E-state index contributed by atoms with van der Waals surface area (Å²) in [5.74, 6) is -0.478. The average molecular weight is 315 g/mol. The van der Waals surface area contributed by atoms with Crippen LogP contribution in [0, 0.1) is 0 Å². The van der Waals surface area contributed by atoms with Gasteiger partial charge in [-0.25, -0.2) is 0 Å². The van der Waals surface area contributed by atoms with Gasteiger partial charge in [-0.05, 0) is 30.2 Å². The van der Waals surface area contributed by atoms with Gasteiger partial charge in [-0.2, -0.15) is 0 Å². The zero-order valence-corrected chi connectivity index (χ0v) is 13.6. The van der Waals surface area contributed by atoms with Crippen molar-refractivity contribution in [3.8, 4) is 0 Å². The van der Waals surface area contributed by atoms with Gasteiger partial charge in [-0.3, -0.25) is 14.4 Å². The largest absolute Gasteiger partial charge is 0.348 e. The Kier molecular flexibility index (Phi) is 4.83. The summed E-state index contributed by atoms with van der Waals surface area (Å²) in [5, 5.41) is 2.85. The third-order valence-electron chi connectivity index (χ3n) is 3.99. The molecule has 0 radical (unpaired) electrons. The second kappa shape index (κ2) is 6.64. The van der Waals surface area contributed by atoms with Crippen molar-refractivity contribution in [3.05, 3.63) is 42.0 Å². The average Bonchev–Trinajstić information content (AvgIpc) is 2.80. The summed E-state index contributed by atoms with van der Waals surface area (Å²) in [6.45, 7) is 5.23. The van der Waals surface area contributed by atoms with Gasteiger partial charge in [0.25, 0.3) is 0 Å². The van der Waals surface area contributed by atoms with E-state index in [9.17, 15) is 14.4 Å². The van der Waals surface area contributed by atoms with E-state index in [0.717, 1.165) is 16.8 Å². The number of hydrogen-bond acceptors (Lipinski definition) is 3. The molecule has 0 saturated heterocycles. The van der Waals surface area contributed by atoms with Crippen LogP contribution in [0.1, 0.15) is 24.1 Å². The smallest absolute Gasteiger partial charge is 0.246 e. The third kappa shape index (κ3) is 3.59. The Morgan fingerprint density at radius 2 is 2.17 bits per heavy atom. The van der Waals surface area contributed by atoms with E-state index in [1.807, 2.05) is 25.1 Å². The second-order valence-corrected chi connectivity index (χ2v) is 5.71. The van der Waals surface area contributed by atoms with E-state index in [2.05, 4.69) is 11.9 Å². The van der Waals surface area contributed by atoms with Crippen molar-refractivity contribution in [1.29, 1.82) is 0 Å². The van der Waals surface area contributed by atoms with E-state index in [-0.39, 0.29) is 30.3 Å². The van der Waals surface area contributed by atoms with Gasteiger partial charge in [-0.1, -0.05) is 18.7 Å². The molecule has 1 aliphatic heterocycles. The van der Waals surface area contributed by atoms with Gasteiger partial charge >= 0.3 is 0 Å². The van der Waals surface area contributed by atoms with Crippen LogP contribution in [0.2, 0.25) is 0 Å². The predicted octanol–water partition coefficient (Wildman–Crippen LogP) is 1.03. The Labute approximate surface area is 135 Å². The summed E-state index contributed by atoms with van der Waals surface area (Å²) >= 11 is 0. The minimum absolute atomic E-state index is 0.0264. The van der Waals surface area contributed by atoms with Gasteiger partial charge in [0.1, 0.15) is 0 Å². The molecule has 1 atom stereocenters. The molecule has 0 spiro atoms. The molecule has 0 saturated carbocycles. The van der Waals surface area contributed by atoms with Crippen LogP contribution in [0.25, 0.3) is 0 Å². The standard InChI is InChI=1S/C17H21N3O3/c1-5-16(22)19(3)10-15(21)18-11(2)12-6-7-14-13(8-12)9-17(23)20(14)4/h5-8,11H,1,9-10H2,2-4H3,(H,18,21). The lowest BCUT2D eigenvalue weighted by Gasteiger charge is -2.19. The van der Waals surface area contributed by atoms with Gasteiger partial charge in [0.05, 0.1) is 19.0 Å². The number of benzene rings is 1. The first-order chi connectivity index (χ1) is 10.8. The second-order valence-electron chi connectivity index (χ2n) is 5.71. The van der Waals surface area contributed by atoms with Crippen molar-refractivity contribution in [3.63, 3.8) is 0 Å². The van der Waals surface area contributed by atoms with Crippen molar-refractivity contribution in [1.82, 2.24) is 10.2 Å². The minimum Gasteiger partial charge on any atom is -0.348 e. The van der Waals surface area contributed by atoms with Crippen LogP contribution >= 0.6 is 0 Å². The fraction of sp³-hybridized carbons (Fsp3) is 0.353. The highest BCUT2D eigenvalue weighted by molar-refractivity contribution is 6.01. The van der Waals surface area contributed by atoms with Crippen LogP contribution in [-0.4, -0.2) is 43.3 Å². The van der Waals surface area contributed by atoms with Crippen LogP contribution < -0.4 is 10.2 Å². The van der Waals surface area contributed by atoms with E-state index in [0.29, 0.717) is 6.42 Å². The van der Waals surface area contributed by atoms with E-state index in [4.69, 9.17) is 0 Å². The van der Waals surface area contributed by atoms with E-state index in [1.165, 1.54) is 11.0 Å². The quantitative estimate of drug-likeness (QED) is 0.825. The molecule has 0 bridgehead atoms. The molecule has 1 N–H and O–H groups in total. The molecule has 3 amide bonds. The van der Waals surface area contributed by atoms with E-state index < -0.39 is 0 Å². The van der Waals surface area contributed by atoms with Crippen LogP contribution in [0.5, 0.6) is 0 Å². The van der Waals surface area contributed by atoms with Gasteiger partial charge in [0.2, 0.25) is 17.7 Å². The molecule has 1 unspecified atom stereocenters. The van der Waals surface area contributed by atoms with Crippen molar-refractivity contribution < 1.29 is 14.4 Å². The number of anilines is 1. The number of nitrogens with zero attached hydrogens (tertiary/aromatic N) is 2. The first-order valence-corrected chi connectivity index (χ1v) is 7.39. The molecule has 0 fully saturated rings. The van der Waals surface area contributed by atoms with Crippen LogP contribution in [0.15, 0.2) is 30.9 Å². The molecule has 6 nitrogen and oxygen atoms in total. The molecule has 122 valence electrons. The zero-order valence-electron chi connectivity index (χ0n) is 13.6. The highest BCUT2D eigenvalue weighted by atomic mass is 16.2. The number of fused-ring (bicyclic) bond motifs is 1. The molecule has 0 aromatic heterocycles. The molecule has 6 heteroatoms. The summed E-state index contributed by atoms with van der Waals surface area (Å²) in [6.07, 6.45) is 1.56. The lowest BCUT2D eigenvalue weighted by molar-refractivity contribution is -0.131. The highest BCUT2D eigenvalue weighted by Crippen LogP contribution is 2.30. The summed E-state index contributed by atoms with van der Waals surface area (Å²) in [7, 11) is 3.30. The fourth-order valence-electron chi connectivity index (χ4n) is 2.58. The Bertz CT molecular complexity index is 669. The summed E-state index contributed by atoms with van der Waals surface area (Å²) < 4.78 is 0. The summed E-state index contributed by atoms with van der Waals surface area (Å²) in [4.78, 5) is 38.0. The summed E-state index contributed by atoms with van der Waals surface area (Å²) in [6, 6.07) is 5.53. The first-order valence-electron chi connectivity index (χ1n) is 7.39. The van der Waals surface area contributed by atoms with Gasteiger partial charge < -0.3 is 15.1 Å². The van der Waals surface area contributed by atoms with E-state index >= 15 is 0 Å². The number of amides is 3. The molecule has 1 aromatic carbocycles. The maximum Gasteiger partial charge on any atom is 0.246 e. The van der Waals surface area contributed by atoms with Crippen LogP contribution in [-0.2, 0) is 20.8 Å². The third-order valence-corrected chi connectivity index (χ3v) is 3.99. The number of hydrogen-bond donors (Lipinski definition) is 1. The molecule has 1 aromatic rings. The van der Waals surface area contributed by atoms with Crippen molar-refractivity contribution in [2.45, 2.75) is 19.4 Å². The lowest BCUT2D eigenvalue weighted by Crippen LogP contribution is -2.38. The Balaban J connectivity index is 2.02. The van der Waals surface area contributed by atoms with Crippen molar-refractivity contribution in [2.75, 3.05) is 25.5 Å². The van der Waals surface area contributed by atoms with Gasteiger partial charge in [0, 0.05) is 19.8 Å². The Morgan fingerprint density at radius 3 is 2.83 bits per heavy atom. The molecule has 0 aliphatic carbocycles. The number of carbonyl (C=O) groups is 3. The molecule has 2 rings (SSSR count). The highest BCUT2D eigenvalue weighted by Gasteiger charge is 2.24. The SMILES string of the molecule is C=CC(=O)N(C)CC(=O)NC(C)c1ccc2c(c1)CC(=O)N2C. The van der Waals surface area contributed by atoms with Crippen molar-refractivity contribution >= 4 is 23.4 Å². The predicted molar refractivity (Wildman–Crippen MR) is 87.9 cm³/mol. The molecular weight excluding hydrogens is 294 g/mol. The Morgan fingerprint density at radius 1 is 1.48 bits per heavy atom. The normalized spacial score (nSPS) is 14.2. The zero-order chi connectivity index (χ0) is 17.1. The molecule has 23 heavy (non-hydrogen) atoms. The molecular formula is C17H21N3O3. The number of carbonyl (C=O) groups excluding carboxylic acids is 3. The fourth-order valence-corrected chi connectivity index (χ4v) is 2.58. The number of rotatable bonds is 5. The molecule has 1 heterocycles. The van der Waals surface area contributed by atoms with Crippen molar-refractivity contribution in [2.24, 2.45) is 0 Å². The Hall–Kier alpha value is -2.63. The van der Waals surface area contributed by atoms with Gasteiger partial charge in [-0.15, -0.1) is 0 Å². The monoisotopic (exact) mass is 315 g/mol.